The van der Waals surface area contributed by atoms with Crippen LogP contribution in [0.4, 0.5) is 4.79 Å². The smallest absolute Gasteiger partial charge is 0.288 e. The first kappa shape index (κ1) is 14.4. The molecule has 20 heavy (non-hydrogen) atoms. The number of carbonyl (C=O) groups excluding carboxylic acids is 3. The lowest BCUT2D eigenvalue weighted by atomic mass is 10.3. The van der Waals surface area contributed by atoms with Crippen LogP contribution in [0.25, 0.3) is 0 Å². The number of imide groups is 1. The van der Waals surface area contributed by atoms with E-state index in [9.17, 15) is 14.4 Å². The SMILES string of the molecule is O=C(COc1ccccc1)NCCN1C(=O)CSC1=O. The Hall–Kier alpha value is -2.02. The van der Waals surface area contributed by atoms with Crippen molar-refractivity contribution in [1.29, 1.82) is 0 Å². The highest BCUT2D eigenvalue weighted by Crippen LogP contribution is 2.17. The Balaban J connectivity index is 1.65. The standard InChI is InChI=1S/C13H14N2O4S/c16-11(8-19-10-4-2-1-3-5-10)14-6-7-15-12(17)9-20-13(15)18/h1-5H,6-9H2,(H,14,16). The van der Waals surface area contributed by atoms with Crippen molar-refractivity contribution in [2.45, 2.75) is 0 Å². The van der Waals surface area contributed by atoms with E-state index in [1.54, 1.807) is 12.1 Å². The van der Waals surface area contributed by atoms with Gasteiger partial charge in [-0.2, -0.15) is 0 Å². The Morgan fingerprint density at radius 1 is 1.30 bits per heavy atom. The van der Waals surface area contributed by atoms with E-state index in [1.165, 1.54) is 0 Å². The van der Waals surface area contributed by atoms with Crippen LogP contribution in [0.1, 0.15) is 0 Å². The summed E-state index contributed by atoms with van der Waals surface area (Å²) in [5, 5.41) is 2.34. The largest absolute Gasteiger partial charge is 0.484 e. The van der Waals surface area contributed by atoms with Crippen molar-refractivity contribution in [3.8, 4) is 5.75 Å². The van der Waals surface area contributed by atoms with Gasteiger partial charge in [0.15, 0.2) is 6.61 Å². The fourth-order valence-electron chi connectivity index (χ4n) is 1.62. The van der Waals surface area contributed by atoms with Gasteiger partial charge < -0.3 is 10.1 Å². The van der Waals surface area contributed by atoms with E-state index in [1.807, 2.05) is 18.2 Å². The van der Waals surface area contributed by atoms with Gasteiger partial charge in [-0.1, -0.05) is 30.0 Å². The summed E-state index contributed by atoms with van der Waals surface area (Å²) in [5.74, 6) is 0.295. The molecule has 106 valence electrons. The molecule has 0 aliphatic carbocycles. The number of amides is 3. The molecule has 1 aromatic carbocycles. The summed E-state index contributed by atoms with van der Waals surface area (Å²) in [6.45, 7) is 0.331. The molecule has 3 amide bonds. The van der Waals surface area contributed by atoms with Crippen LogP contribution >= 0.6 is 11.8 Å². The first-order chi connectivity index (χ1) is 9.66. The molecule has 0 spiro atoms. The van der Waals surface area contributed by atoms with Gasteiger partial charge in [-0.15, -0.1) is 0 Å². The van der Waals surface area contributed by atoms with Crippen LogP contribution in [-0.2, 0) is 9.59 Å². The van der Waals surface area contributed by atoms with E-state index in [0.29, 0.717) is 5.75 Å². The van der Waals surface area contributed by atoms with Gasteiger partial charge in [0, 0.05) is 13.1 Å². The van der Waals surface area contributed by atoms with Gasteiger partial charge in [0.05, 0.1) is 5.75 Å². The highest BCUT2D eigenvalue weighted by Gasteiger charge is 2.29. The molecule has 1 N–H and O–H groups in total. The number of nitrogens with one attached hydrogen (secondary N) is 1. The third-order valence-corrected chi connectivity index (χ3v) is 3.47. The lowest BCUT2D eigenvalue weighted by molar-refractivity contribution is -0.126. The van der Waals surface area contributed by atoms with Crippen LogP contribution in [0, 0.1) is 0 Å². The minimum Gasteiger partial charge on any atom is -0.484 e. The van der Waals surface area contributed by atoms with Crippen LogP contribution in [0.15, 0.2) is 30.3 Å². The summed E-state index contributed by atoms with van der Waals surface area (Å²) in [6.07, 6.45) is 0. The number of rotatable bonds is 6. The van der Waals surface area contributed by atoms with E-state index in [0.717, 1.165) is 16.7 Å². The van der Waals surface area contributed by atoms with E-state index in [2.05, 4.69) is 5.32 Å². The predicted molar refractivity (Wildman–Crippen MR) is 74.5 cm³/mol. The molecule has 0 saturated carbocycles. The molecule has 0 radical (unpaired) electrons. The first-order valence-corrected chi connectivity index (χ1v) is 7.07. The number of hydrogen-bond acceptors (Lipinski definition) is 5. The van der Waals surface area contributed by atoms with Crippen molar-refractivity contribution in [2.24, 2.45) is 0 Å². The average molecular weight is 294 g/mol. The Morgan fingerprint density at radius 3 is 2.70 bits per heavy atom. The Labute approximate surface area is 120 Å². The number of hydrogen-bond donors (Lipinski definition) is 1. The minimum atomic E-state index is -0.291. The quantitative estimate of drug-likeness (QED) is 0.843. The summed E-state index contributed by atoms with van der Waals surface area (Å²) in [7, 11) is 0. The molecule has 1 aromatic rings. The van der Waals surface area contributed by atoms with Crippen molar-refractivity contribution in [3.63, 3.8) is 0 Å². The fraction of sp³-hybridized carbons (Fsp3) is 0.308. The molecule has 0 bridgehead atoms. The number of benzene rings is 1. The molecule has 0 atom stereocenters. The van der Waals surface area contributed by atoms with Crippen molar-refractivity contribution in [3.05, 3.63) is 30.3 Å². The second-order valence-corrected chi connectivity index (χ2v) is 4.98. The molecule has 1 aliphatic heterocycles. The monoisotopic (exact) mass is 294 g/mol. The molecule has 1 heterocycles. The van der Waals surface area contributed by atoms with E-state index >= 15 is 0 Å². The maximum Gasteiger partial charge on any atom is 0.288 e. The molecular formula is C13H14N2O4S. The third kappa shape index (κ3) is 3.99. The lowest BCUT2D eigenvalue weighted by Gasteiger charge is -2.13. The zero-order valence-corrected chi connectivity index (χ0v) is 11.5. The van der Waals surface area contributed by atoms with Gasteiger partial charge in [-0.3, -0.25) is 19.3 Å². The van der Waals surface area contributed by atoms with Crippen molar-refractivity contribution < 1.29 is 19.1 Å². The molecular weight excluding hydrogens is 280 g/mol. The zero-order valence-electron chi connectivity index (χ0n) is 10.7. The van der Waals surface area contributed by atoms with Crippen LogP contribution in [-0.4, -0.2) is 47.4 Å². The minimum absolute atomic E-state index is 0.0966. The van der Waals surface area contributed by atoms with Crippen LogP contribution < -0.4 is 10.1 Å². The summed E-state index contributed by atoms with van der Waals surface area (Å²) in [6, 6.07) is 9.00. The molecule has 0 unspecified atom stereocenters. The second-order valence-electron chi connectivity index (χ2n) is 4.05. The summed E-state index contributed by atoms with van der Waals surface area (Å²) in [5.41, 5.74) is 0. The maximum absolute atomic E-state index is 11.5. The highest BCUT2D eigenvalue weighted by atomic mass is 32.2. The molecule has 1 saturated heterocycles. The number of thioether (sulfide) groups is 1. The van der Waals surface area contributed by atoms with E-state index in [-0.39, 0.29) is 42.5 Å². The maximum atomic E-state index is 11.5. The van der Waals surface area contributed by atoms with E-state index < -0.39 is 0 Å². The Kier molecular flexibility index (Phi) is 5.00. The molecule has 6 nitrogen and oxygen atoms in total. The third-order valence-electron chi connectivity index (χ3n) is 2.61. The van der Waals surface area contributed by atoms with Gasteiger partial charge in [0.1, 0.15) is 5.75 Å². The van der Waals surface area contributed by atoms with Crippen LogP contribution in [0.3, 0.4) is 0 Å². The molecule has 2 rings (SSSR count). The van der Waals surface area contributed by atoms with Crippen LogP contribution in [0.5, 0.6) is 5.75 Å². The fourth-order valence-corrected chi connectivity index (χ4v) is 2.37. The van der Waals surface area contributed by atoms with Gasteiger partial charge in [0.2, 0.25) is 5.91 Å². The number of ether oxygens (including phenoxy) is 1. The average Bonchev–Trinajstić information content (AvgIpc) is 2.78. The van der Waals surface area contributed by atoms with Gasteiger partial charge in [-0.25, -0.2) is 0 Å². The topological polar surface area (TPSA) is 75.7 Å². The number of para-hydroxylation sites is 1. The van der Waals surface area contributed by atoms with Crippen molar-refractivity contribution in [1.82, 2.24) is 10.2 Å². The zero-order chi connectivity index (χ0) is 14.4. The molecule has 7 heteroatoms. The second kappa shape index (κ2) is 6.95. The van der Waals surface area contributed by atoms with E-state index in [4.69, 9.17) is 4.74 Å². The summed E-state index contributed by atoms with van der Waals surface area (Å²) >= 11 is 0.980. The highest BCUT2D eigenvalue weighted by molar-refractivity contribution is 8.14. The summed E-state index contributed by atoms with van der Waals surface area (Å²) < 4.78 is 5.27. The number of nitrogens with zero attached hydrogens (tertiary/aromatic N) is 1. The Bertz CT molecular complexity index is 490. The van der Waals surface area contributed by atoms with Gasteiger partial charge in [-0.05, 0) is 12.1 Å². The normalized spacial score (nSPS) is 14.5. The van der Waals surface area contributed by atoms with Crippen molar-refractivity contribution in [2.75, 3.05) is 25.4 Å². The first-order valence-electron chi connectivity index (χ1n) is 6.08. The van der Waals surface area contributed by atoms with Gasteiger partial charge >= 0.3 is 0 Å². The number of carbonyl (C=O) groups is 3. The van der Waals surface area contributed by atoms with Gasteiger partial charge in [0.25, 0.3) is 11.1 Å². The van der Waals surface area contributed by atoms with Crippen molar-refractivity contribution >= 4 is 28.8 Å². The molecule has 1 aliphatic rings. The molecule has 0 aromatic heterocycles. The predicted octanol–water partition coefficient (Wildman–Crippen LogP) is 0.877. The lowest BCUT2D eigenvalue weighted by Crippen LogP contribution is -2.38. The Morgan fingerprint density at radius 2 is 2.05 bits per heavy atom. The van der Waals surface area contributed by atoms with Crippen LogP contribution in [0.2, 0.25) is 0 Å². The summed E-state index contributed by atoms with van der Waals surface area (Å²) in [4.78, 5) is 35.3. The molecule has 1 fully saturated rings.